The van der Waals surface area contributed by atoms with E-state index in [0.29, 0.717) is 0 Å². The van der Waals surface area contributed by atoms with E-state index in [0.717, 1.165) is 31.4 Å². The number of hydrogen-bond acceptors (Lipinski definition) is 3. The van der Waals surface area contributed by atoms with E-state index in [1.54, 1.807) is 0 Å². The smallest absolute Gasteiger partial charge is 0.317 e. The molecule has 2 aromatic rings. The fourth-order valence-electron chi connectivity index (χ4n) is 3.49. The molecule has 0 aliphatic carbocycles. The molecule has 5 N–H and O–H groups in total. The van der Waals surface area contributed by atoms with Crippen LogP contribution in [0.2, 0.25) is 0 Å². The SMILES string of the molecule is CC(c1c[nH]c2ccccc12)[C@H](C)NC(=O)N(C)[C@@H]1CCCNC1.CN(C)C.O.[HH].[HH].[HH]. The van der Waals surface area contributed by atoms with Crippen LogP contribution in [0.15, 0.2) is 30.5 Å². The van der Waals surface area contributed by atoms with Gasteiger partial charge < -0.3 is 30.9 Å². The number of H-pyrrole nitrogens is 1. The van der Waals surface area contributed by atoms with Gasteiger partial charge in [0.1, 0.15) is 0 Å². The maximum atomic E-state index is 12.6. The van der Waals surface area contributed by atoms with Gasteiger partial charge in [-0.15, -0.1) is 0 Å². The highest BCUT2D eigenvalue weighted by atomic mass is 16.2. The van der Waals surface area contributed by atoms with Crippen LogP contribution in [0.25, 0.3) is 10.9 Å². The van der Waals surface area contributed by atoms with Crippen molar-refractivity contribution in [2.75, 3.05) is 41.3 Å². The number of nitrogens with zero attached hydrogens (tertiary/aromatic N) is 2. The van der Waals surface area contributed by atoms with E-state index in [9.17, 15) is 4.79 Å². The number of carbonyl (C=O) groups excluding carboxylic acids is 1. The molecule has 170 valence electrons. The molecule has 1 saturated heterocycles. The summed E-state index contributed by atoms with van der Waals surface area (Å²) in [4.78, 5) is 19.7. The molecule has 2 amide bonds. The van der Waals surface area contributed by atoms with Crippen LogP contribution in [-0.2, 0) is 0 Å². The molecule has 1 aromatic heterocycles. The number of para-hydroxylation sites is 1. The second kappa shape index (κ2) is 11.8. The lowest BCUT2D eigenvalue weighted by Gasteiger charge is -2.33. The number of carbonyl (C=O) groups is 1. The van der Waals surface area contributed by atoms with Crippen molar-refractivity contribution in [3.8, 4) is 0 Å². The molecule has 1 unspecified atom stereocenters. The molecule has 1 aliphatic rings. The third kappa shape index (κ3) is 7.03. The van der Waals surface area contributed by atoms with Crippen molar-refractivity contribution in [1.82, 2.24) is 25.4 Å². The Morgan fingerprint density at radius 3 is 2.48 bits per heavy atom. The Kier molecular flexibility index (Phi) is 10.2. The number of nitrogens with one attached hydrogen (secondary N) is 3. The summed E-state index contributed by atoms with van der Waals surface area (Å²) in [5.41, 5.74) is 2.39. The van der Waals surface area contributed by atoms with Crippen LogP contribution in [0, 0.1) is 0 Å². The lowest BCUT2D eigenvalue weighted by Crippen LogP contribution is -2.52. The highest BCUT2D eigenvalue weighted by molar-refractivity contribution is 5.84. The second-order valence-electron chi connectivity index (χ2n) is 8.27. The van der Waals surface area contributed by atoms with Crippen molar-refractivity contribution in [1.29, 1.82) is 0 Å². The first kappa shape index (κ1) is 24.9. The molecule has 0 radical (unpaired) electrons. The molecule has 3 atom stereocenters. The zero-order valence-corrected chi connectivity index (χ0v) is 18.7. The molecular formula is C22H45N5O2. The van der Waals surface area contributed by atoms with E-state index in [1.807, 2.05) is 44.1 Å². The zero-order valence-electron chi connectivity index (χ0n) is 18.7. The Balaban J connectivity index is -0.000000974. The van der Waals surface area contributed by atoms with Gasteiger partial charge in [0.05, 0.1) is 0 Å². The quantitative estimate of drug-likeness (QED) is 0.721. The highest BCUT2D eigenvalue weighted by Crippen LogP contribution is 2.27. The van der Waals surface area contributed by atoms with Crippen LogP contribution >= 0.6 is 0 Å². The largest absolute Gasteiger partial charge is 0.412 e. The lowest BCUT2D eigenvalue weighted by molar-refractivity contribution is 0.174. The number of hydrogen-bond donors (Lipinski definition) is 3. The first-order valence-corrected chi connectivity index (χ1v) is 10.2. The number of likely N-dealkylation sites (N-methyl/N-ethyl adjacent to an activating group) is 1. The maximum absolute atomic E-state index is 12.6. The predicted molar refractivity (Wildman–Crippen MR) is 128 cm³/mol. The van der Waals surface area contributed by atoms with Crippen LogP contribution in [0.3, 0.4) is 0 Å². The summed E-state index contributed by atoms with van der Waals surface area (Å²) in [6.07, 6.45) is 4.26. The number of aromatic amines is 1. The van der Waals surface area contributed by atoms with Gasteiger partial charge in [0.2, 0.25) is 0 Å². The van der Waals surface area contributed by atoms with E-state index in [-0.39, 0.29) is 33.8 Å². The number of fused-ring (bicyclic) bond motifs is 1. The molecule has 2 heterocycles. The maximum Gasteiger partial charge on any atom is 0.317 e. The van der Waals surface area contributed by atoms with Gasteiger partial charge in [-0.1, -0.05) is 25.1 Å². The van der Waals surface area contributed by atoms with E-state index in [1.165, 1.54) is 10.9 Å². The van der Waals surface area contributed by atoms with Gasteiger partial charge in [0, 0.05) is 53.0 Å². The van der Waals surface area contributed by atoms with Crippen molar-refractivity contribution >= 4 is 16.9 Å². The molecule has 29 heavy (non-hydrogen) atoms. The summed E-state index contributed by atoms with van der Waals surface area (Å²) >= 11 is 0. The van der Waals surface area contributed by atoms with Crippen LogP contribution < -0.4 is 10.6 Å². The predicted octanol–water partition coefficient (Wildman–Crippen LogP) is 3.14. The topological polar surface area (TPSA) is 94.9 Å². The monoisotopic (exact) mass is 411 g/mol. The van der Waals surface area contributed by atoms with Crippen LogP contribution in [0.5, 0.6) is 0 Å². The van der Waals surface area contributed by atoms with Crippen molar-refractivity contribution < 1.29 is 14.6 Å². The average Bonchev–Trinajstić information content (AvgIpc) is 3.11. The average molecular weight is 412 g/mol. The van der Waals surface area contributed by atoms with Crippen molar-refractivity contribution in [3.63, 3.8) is 0 Å². The number of rotatable bonds is 4. The van der Waals surface area contributed by atoms with Crippen LogP contribution in [0.1, 0.15) is 42.5 Å². The summed E-state index contributed by atoms with van der Waals surface area (Å²) in [6.45, 7) is 6.19. The van der Waals surface area contributed by atoms with Gasteiger partial charge in [0.15, 0.2) is 0 Å². The minimum Gasteiger partial charge on any atom is -0.412 e. The van der Waals surface area contributed by atoms with E-state index >= 15 is 0 Å². The third-order valence-electron chi connectivity index (χ3n) is 5.35. The summed E-state index contributed by atoms with van der Waals surface area (Å²) in [5.74, 6) is 0.239. The number of benzene rings is 1. The third-order valence-corrected chi connectivity index (χ3v) is 5.35. The van der Waals surface area contributed by atoms with Gasteiger partial charge in [-0.05, 0) is 59.1 Å². The Bertz CT molecular complexity index is 751. The first-order valence-electron chi connectivity index (χ1n) is 10.2. The van der Waals surface area contributed by atoms with Crippen molar-refractivity contribution in [3.05, 3.63) is 36.0 Å². The summed E-state index contributed by atoms with van der Waals surface area (Å²) in [6, 6.07) is 8.67. The molecular weight excluding hydrogens is 366 g/mol. The molecule has 7 heteroatoms. The first-order chi connectivity index (χ1) is 13.3. The molecule has 1 aromatic carbocycles. The van der Waals surface area contributed by atoms with Crippen molar-refractivity contribution in [2.45, 2.75) is 44.7 Å². The normalized spacial score (nSPS) is 18.2. The molecule has 0 spiro atoms. The van der Waals surface area contributed by atoms with Crippen molar-refractivity contribution in [2.24, 2.45) is 0 Å². The lowest BCUT2D eigenvalue weighted by atomic mass is 9.94. The number of aromatic nitrogens is 1. The fraction of sp³-hybridized carbons (Fsp3) is 0.591. The Morgan fingerprint density at radius 2 is 1.86 bits per heavy atom. The minimum atomic E-state index is 0. The van der Waals surface area contributed by atoms with E-state index in [2.05, 4.69) is 53.9 Å². The summed E-state index contributed by atoms with van der Waals surface area (Å²) in [7, 11) is 7.90. The van der Waals surface area contributed by atoms with Gasteiger partial charge in [-0.3, -0.25) is 0 Å². The highest BCUT2D eigenvalue weighted by Gasteiger charge is 2.25. The molecule has 7 nitrogen and oxygen atoms in total. The molecule has 0 saturated carbocycles. The van der Waals surface area contributed by atoms with Gasteiger partial charge in [0.25, 0.3) is 0 Å². The molecule has 3 rings (SSSR count). The molecule has 1 fully saturated rings. The Hall–Kier alpha value is -2.09. The number of urea groups is 1. The molecule has 0 bridgehead atoms. The van der Waals surface area contributed by atoms with Gasteiger partial charge in [-0.2, -0.15) is 0 Å². The zero-order chi connectivity index (χ0) is 20.7. The molecule has 1 aliphatic heterocycles. The Labute approximate surface area is 179 Å². The summed E-state index contributed by atoms with van der Waals surface area (Å²) < 4.78 is 0. The minimum absolute atomic E-state index is 0. The van der Waals surface area contributed by atoms with E-state index < -0.39 is 0 Å². The van der Waals surface area contributed by atoms with E-state index in [4.69, 9.17) is 0 Å². The second-order valence-corrected chi connectivity index (χ2v) is 8.27. The fourth-order valence-corrected chi connectivity index (χ4v) is 3.49. The number of piperidine rings is 1. The standard InChI is InChI=1S/C19H28N4O.C3H9N.H2O.3H2/c1-13(17-12-21-18-9-5-4-8-16(17)18)14(2)22-19(24)23(3)15-7-6-10-20-11-15;1-4(2)3;;;;/h4-5,8-9,12-15,20-21H,6-7,10-11H2,1-3H3,(H,22,24);1-3H3;1H2;3*1H/t13?,14-,15+;;;;;/m0...../s1. The van der Waals surface area contributed by atoms with Crippen LogP contribution in [0.4, 0.5) is 4.79 Å². The Morgan fingerprint density at radius 1 is 1.21 bits per heavy atom. The number of amides is 2. The van der Waals surface area contributed by atoms with Crippen LogP contribution in [-0.4, -0.2) is 79.7 Å². The van der Waals surface area contributed by atoms with Gasteiger partial charge >= 0.3 is 6.03 Å². The summed E-state index contributed by atoms with van der Waals surface area (Å²) in [5, 5.41) is 7.77. The van der Waals surface area contributed by atoms with Gasteiger partial charge in [-0.25, -0.2) is 4.79 Å².